The molecule has 24 heavy (non-hydrogen) atoms. The number of aromatic nitrogens is 2. The topological polar surface area (TPSA) is 69.4 Å². The minimum absolute atomic E-state index is 0.389. The zero-order valence-electron chi connectivity index (χ0n) is 13.2. The molecule has 1 aromatic heterocycles. The van der Waals surface area contributed by atoms with Gasteiger partial charge in [0.05, 0.1) is 25.8 Å². The zero-order valence-corrected chi connectivity index (χ0v) is 14.0. The molecular formula is C17H16ClN3O3. The third-order valence-corrected chi connectivity index (χ3v) is 3.67. The van der Waals surface area contributed by atoms with E-state index in [4.69, 9.17) is 25.5 Å². The normalized spacial score (nSPS) is 10.5. The first kappa shape index (κ1) is 16.1. The molecule has 0 amide bonds. The van der Waals surface area contributed by atoms with Gasteiger partial charge in [-0.1, -0.05) is 17.7 Å². The van der Waals surface area contributed by atoms with E-state index in [0.717, 1.165) is 17.0 Å². The largest absolute Gasteiger partial charge is 0.497 e. The van der Waals surface area contributed by atoms with Crippen molar-refractivity contribution in [2.45, 2.75) is 6.54 Å². The van der Waals surface area contributed by atoms with Crippen LogP contribution in [0.1, 0.15) is 5.89 Å². The van der Waals surface area contributed by atoms with Crippen LogP contribution in [0.4, 0.5) is 5.69 Å². The van der Waals surface area contributed by atoms with Crippen LogP contribution in [0, 0.1) is 0 Å². The van der Waals surface area contributed by atoms with Gasteiger partial charge in [-0.05, 0) is 36.4 Å². The van der Waals surface area contributed by atoms with Crippen LogP contribution in [-0.2, 0) is 6.54 Å². The third-order valence-electron chi connectivity index (χ3n) is 3.38. The molecular weight excluding hydrogens is 330 g/mol. The summed E-state index contributed by atoms with van der Waals surface area (Å²) in [6.45, 7) is 0.389. The highest BCUT2D eigenvalue weighted by atomic mass is 35.5. The summed E-state index contributed by atoms with van der Waals surface area (Å²) in [5.41, 5.74) is 1.64. The molecule has 7 heteroatoms. The number of nitrogens with one attached hydrogen (secondary N) is 1. The van der Waals surface area contributed by atoms with E-state index in [2.05, 4.69) is 15.5 Å². The second-order valence-corrected chi connectivity index (χ2v) is 5.34. The van der Waals surface area contributed by atoms with E-state index < -0.39 is 0 Å². The highest BCUT2D eigenvalue weighted by Gasteiger charge is 2.10. The molecule has 2 aromatic carbocycles. The maximum atomic E-state index is 6.10. The number of anilines is 1. The van der Waals surface area contributed by atoms with Crippen LogP contribution in [0.5, 0.6) is 11.5 Å². The van der Waals surface area contributed by atoms with Gasteiger partial charge in [-0.25, -0.2) is 0 Å². The number of rotatable bonds is 6. The Morgan fingerprint density at radius 2 is 1.96 bits per heavy atom. The Kier molecular flexibility index (Phi) is 4.86. The Morgan fingerprint density at radius 3 is 2.71 bits per heavy atom. The lowest BCUT2D eigenvalue weighted by Gasteiger charge is -2.07. The van der Waals surface area contributed by atoms with Crippen LogP contribution in [0.15, 0.2) is 46.9 Å². The molecule has 1 N–H and O–H groups in total. The number of hydrogen-bond donors (Lipinski definition) is 1. The molecule has 3 rings (SSSR count). The quantitative estimate of drug-likeness (QED) is 0.727. The number of nitrogens with zero attached hydrogens (tertiary/aromatic N) is 2. The van der Waals surface area contributed by atoms with E-state index in [1.807, 2.05) is 30.3 Å². The molecule has 6 nitrogen and oxygen atoms in total. The third kappa shape index (κ3) is 3.60. The second kappa shape index (κ2) is 7.23. The molecule has 124 valence electrons. The molecule has 0 aliphatic carbocycles. The van der Waals surface area contributed by atoms with Crippen LogP contribution in [-0.4, -0.2) is 24.4 Å². The van der Waals surface area contributed by atoms with Crippen molar-refractivity contribution in [3.63, 3.8) is 0 Å². The average molecular weight is 346 g/mol. The van der Waals surface area contributed by atoms with Crippen molar-refractivity contribution >= 4 is 17.3 Å². The lowest BCUT2D eigenvalue weighted by molar-refractivity contribution is 0.414. The van der Waals surface area contributed by atoms with Gasteiger partial charge >= 0.3 is 0 Å². The Balaban J connectivity index is 1.69. The minimum Gasteiger partial charge on any atom is -0.497 e. The summed E-state index contributed by atoms with van der Waals surface area (Å²) >= 11 is 6.10. The Labute approximate surface area is 144 Å². The van der Waals surface area contributed by atoms with Gasteiger partial charge in [0.1, 0.15) is 11.5 Å². The van der Waals surface area contributed by atoms with Gasteiger partial charge in [0.25, 0.3) is 0 Å². The van der Waals surface area contributed by atoms with Crippen LogP contribution < -0.4 is 14.8 Å². The first-order valence-electron chi connectivity index (χ1n) is 7.24. The summed E-state index contributed by atoms with van der Waals surface area (Å²) in [5, 5.41) is 11.8. The van der Waals surface area contributed by atoms with E-state index in [-0.39, 0.29) is 0 Å². The second-order valence-electron chi connectivity index (χ2n) is 4.94. The van der Waals surface area contributed by atoms with Crippen molar-refractivity contribution in [2.75, 3.05) is 19.5 Å². The lowest BCUT2D eigenvalue weighted by atomic mass is 10.2. The Morgan fingerprint density at radius 1 is 1.08 bits per heavy atom. The molecule has 0 spiro atoms. The lowest BCUT2D eigenvalue weighted by Crippen LogP contribution is -1.99. The first-order chi connectivity index (χ1) is 11.7. The van der Waals surface area contributed by atoms with Gasteiger partial charge < -0.3 is 19.2 Å². The number of ether oxygens (including phenoxy) is 2. The van der Waals surface area contributed by atoms with E-state index in [0.29, 0.717) is 29.1 Å². The fourth-order valence-electron chi connectivity index (χ4n) is 2.15. The van der Waals surface area contributed by atoms with Crippen molar-refractivity contribution < 1.29 is 13.9 Å². The first-order valence-corrected chi connectivity index (χ1v) is 7.61. The van der Waals surface area contributed by atoms with Crippen molar-refractivity contribution in [3.8, 4) is 23.0 Å². The van der Waals surface area contributed by atoms with E-state index in [1.54, 1.807) is 26.4 Å². The molecule has 0 saturated carbocycles. The Hall–Kier alpha value is -2.73. The maximum Gasteiger partial charge on any atom is 0.247 e. The summed E-state index contributed by atoms with van der Waals surface area (Å²) in [7, 11) is 3.19. The molecule has 0 unspecified atom stereocenters. The highest BCUT2D eigenvalue weighted by molar-refractivity contribution is 6.32. The fourth-order valence-corrected chi connectivity index (χ4v) is 2.41. The number of methoxy groups -OCH3 is 2. The van der Waals surface area contributed by atoms with Crippen LogP contribution in [0.3, 0.4) is 0 Å². The van der Waals surface area contributed by atoms with Crippen LogP contribution in [0.25, 0.3) is 11.5 Å². The predicted octanol–water partition coefficient (Wildman–Crippen LogP) is 4.02. The van der Waals surface area contributed by atoms with Gasteiger partial charge in [-0.15, -0.1) is 10.2 Å². The van der Waals surface area contributed by atoms with Gasteiger partial charge in [-0.3, -0.25) is 0 Å². The highest BCUT2D eigenvalue weighted by Crippen LogP contribution is 2.27. The van der Waals surface area contributed by atoms with Crippen LogP contribution in [0.2, 0.25) is 5.02 Å². The SMILES string of the molecule is COc1cccc(-c2nnc(CNc3ccc(OC)c(Cl)c3)o2)c1. The smallest absolute Gasteiger partial charge is 0.247 e. The maximum absolute atomic E-state index is 6.10. The molecule has 0 saturated heterocycles. The Bertz CT molecular complexity index is 835. The summed E-state index contributed by atoms with van der Waals surface area (Å²) in [5.74, 6) is 2.27. The zero-order chi connectivity index (χ0) is 16.9. The number of hydrogen-bond acceptors (Lipinski definition) is 6. The number of benzene rings is 2. The summed E-state index contributed by atoms with van der Waals surface area (Å²) in [6.07, 6.45) is 0. The summed E-state index contributed by atoms with van der Waals surface area (Å²) < 4.78 is 16.0. The average Bonchev–Trinajstić information content (AvgIpc) is 3.09. The molecule has 0 fully saturated rings. The van der Waals surface area contributed by atoms with Gasteiger partial charge in [0, 0.05) is 11.3 Å². The van der Waals surface area contributed by atoms with Gasteiger partial charge in [0.2, 0.25) is 11.8 Å². The van der Waals surface area contributed by atoms with Crippen molar-refractivity contribution in [1.82, 2.24) is 10.2 Å². The van der Waals surface area contributed by atoms with Crippen molar-refractivity contribution in [3.05, 3.63) is 53.4 Å². The standard InChI is InChI=1S/C17H16ClN3O3/c1-22-13-5-3-4-11(8-13)17-21-20-16(24-17)10-19-12-6-7-15(23-2)14(18)9-12/h3-9,19H,10H2,1-2H3. The predicted molar refractivity (Wildman–Crippen MR) is 91.6 cm³/mol. The van der Waals surface area contributed by atoms with Crippen molar-refractivity contribution in [1.29, 1.82) is 0 Å². The fraction of sp³-hybridized carbons (Fsp3) is 0.176. The minimum atomic E-state index is 0.389. The van der Waals surface area contributed by atoms with Gasteiger partial charge in [-0.2, -0.15) is 0 Å². The molecule has 0 atom stereocenters. The van der Waals surface area contributed by atoms with E-state index >= 15 is 0 Å². The molecule has 0 aliphatic rings. The molecule has 0 radical (unpaired) electrons. The molecule has 0 aliphatic heterocycles. The van der Waals surface area contributed by atoms with E-state index in [1.165, 1.54) is 0 Å². The van der Waals surface area contributed by atoms with Gasteiger partial charge in [0.15, 0.2) is 0 Å². The summed E-state index contributed by atoms with van der Waals surface area (Å²) in [4.78, 5) is 0. The monoisotopic (exact) mass is 345 g/mol. The molecule has 3 aromatic rings. The van der Waals surface area contributed by atoms with Crippen molar-refractivity contribution in [2.24, 2.45) is 0 Å². The molecule has 0 bridgehead atoms. The summed E-state index contributed by atoms with van der Waals surface area (Å²) in [6, 6.07) is 12.9. The molecule has 1 heterocycles. The van der Waals surface area contributed by atoms with Crippen LogP contribution >= 0.6 is 11.6 Å². The van der Waals surface area contributed by atoms with E-state index in [9.17, 15) is 0 Å². The number of halogens is 1.